The molecule has 2 N–H and O–H groups in total. The number of imidazole rings is 1. The maximum atomic E-state index is 14.7. The number of nitrogens with one attached hydrogen (secondary N) is 2. The first-order valence-corrected chi connectivity index (χ1v) is 15.8. The van der Waals surface area contributed by atoms with Gasteiger partial charge in [0, 0.05) is 49.4 Å². The van der Waals surface area contributed by atoms with Crippen molar-refractivity contribution in [1.29, 1.82) is 0 Å². The molecule has 4 rings (SSSR count). The maximum absolute atomic E-state index is 14.7. The maximum Gasteiger partial charge on any atom is 0.291 e. The van der Waals surface area contributed by atoms with Crippen LogP contribution in [0.15, 0.2) is 36.5 Å². The number of rotatable bonds is 13. The van der Waals surface area contributed by atoms with Crippen LogP contribution in [0.3, 0.4) is 0 Å². The molecule has 0 radical (unpaired) electrons. The highest BCUT2D eigenvalue weighted by atomic mass is 19.2. The average Bonchev–Trinajstić information content (AvgIpc) is 3.43. The number of methoxy groups -OCH3 is 1. The van der Waals surface area contributed by atoms with Gasteiger partial charge in [0.2, 0.25) is 11.7 Å². The van der Waals surface area contributed by atoms with Crippen molar-refractivity contribution < 1.29 is 37.1 Å². The zero-order chi connectivity index (χ0) is 34.3. The van der Waals surface area contributed by atoms with Crippen LogP contribution in [-0.2, 0) is 23.0 Å². The molecule has 2 heterocycles. The van der Waals surface area contributed by atoms with Crippen LogP contribution in [0.5, 0.6) is 5.75 Å². The molecule has 47 heavy (non-hydrogen) atoms. The van der Waals surface area contributed by atoms with Gasteiger partial charge in [0.05, 0.1) is 53.4 Å². The Bertz CT molecular complexity index is 1590. The predicted molar refractivity (Wildman–Crippen MR) is 174 cm³/mol. The summed E-state index contributed by atoms with van der Waals surface area (Å²) in [5, 5.41) is 5.74. The number of halogens is 2. The van der Waals surface area contributed by atoms with Gasteiger partial charge >= 0.3 is 0 Å². The number of carbonyl (C=O) groups is 3. The first-order valence-electron chi connectivity index (χ1n) is 15.8. The second-order valence-corrected chi connectivity index (χ2v) is 12.6. The topological polar surface area (TPSA) is 115 Å². The number of quaternary nitrogens is 1. The quantitative estimate of drug-likeness (QED) is 0.214. The SMILES string of the molecule is CCc1cc(NC(=O)c2ncc(-c3ccc(OC)c(F)c3F)n2C)ccc1C(=O)N1CCC(C(=O)NCCOCC[N+](C)(C)C)CC1. The minimum atomic E-state index is -1.13. The molecule has 0 bridgehead atoms. The summed E-state index contributed by atoms with van der Waals surface area (Å²) in [6, 6.07) is 7.75. The fourth-order valence-electron chi connectivity index (χ4n) is 5.46. The lowest BCUT2D eigenvalue weighted by Crippen LogP contribution is -2.43. The fraction of sp³-hybridized carbons (Fsp3) is 0.471. The number of likely N-dealkylation sites (N-methyl/N-ethyl adjacent to an activating group) is 1. The number of ether oxygens (including phenoxy) is 2. The van der Waals surface area contributed by atoms with Crippen molar-refractivity contribution in [3.05, 3.63) is 65.1 Å². The zero-order valence-corrected chi connectivity index (χ0v) is 28.0. The van der Waals surface area contributed by atoms with E-state index in [2.05, 4.69) is 36.8 Å². The van der Waals surface area contributed by atoms with Gasteiger partial charge in [-0.1, -0.05) is 6.92 Å². The van der Waals surface area contributed by atoms with Crippen LogP contribution in [-0.4, -0.2) is 104 Å². The van der Waals surface area contributed by atoms with Crippen LogP contribution in [0.2, 0.25) is 0 Å². The lowest BCUT2D eigenvalue weighted by atomic mass is 9.94. The molecule has 0 unspecified atom stereocenters. The van der Waals surface area contributed by atoms with Crippen LogP contribution >= 0.6 is 0 Å². The lowest BCUT2D eigenvalue weighted by Gasteiger charge is -2.32. The Morgan fingerprint density at radius 1 is 1.04 bits per heavy atom. The van der Waals surface area contributed by atoms with Crippen LogP contribution in [0.4, 0.5) is 14.5 Å². The Balaban J connectivity index is 1.33. The van der Waals surface area contributed by atoms with Gasteiger partial charge in [-0.2, -0.15) is 4.39 Å². The van der Waals surface area contributed by atoms with Crippen molar-refractivity contribution in [3.63, 3.8) is 0 Å². The van der Waals surface area contributed by atoms with Crippen molar-refractivity contribution >= 4 is 23.4 Å². The normalized spacial score (nSPS) is 13.8. The summed E-state index contributed by atoms with van der Waals surface area (Å²) in [5.41, 5.74) is 1.91. The van der Waals surface area contributed by atoms with Crippen LogP contribution in [0.1, 0.15) is 46.3 Å². The average molecular weight is 656 g/mol. The minimum Gasteiger partial charge on any atom is -0.494 e. The summed E-state index contributed by atoms with van der Waals surface area (Å²) >= 11 is 0. The van der Waals surface area contributed by atoms with E-state index in [1.54, 1.807) is 23.1 Å². The Labute approximate surface area is 274 Å². The summed E-state index contributed by atoms with van der Waals surface area (Å²) in [7, 11) is 9.08. The van der Waals surface area contributed by atoms with Gasteiger partial charge in [-0.15, -0.1) is 0 Å². The molecule has 1 saturated heterocycles. The highest BCUT2D eigenvalue weighted by molar-refractivity contribution is 6.03. The lowest BCUT2D eigenvalue weighted by molar-refractivity contribution is -0.870. The van der Waals surface area contributed by atoms with Gasteiger partial charge in [-0.3, -0.25) is 14.4 Å². The number of nitrogens with zero attached hydrogens (tertiary/aromatic N) is 4. The molecule has 1 aliphatic rings. The smallest absolute Gasteiger partial charge is 0.291 e. The van der Waals surface area contributed by atoms with Gasteiger partial charge in [0.15, 0.2) is 17.4 Å². The third-order valence-corrected chi connectivity index (χ3v) is 8.31. The molecule has 0 spiro atoms. The molecule has 3 aromatic rings. The number of benzene rings is 2. The first kappa shape index (κ1) is 35.5. The number of piperidine rings is 1. The Morgan fingerprint density at radius 3 is 2.43 bits per heavy atom. The summed E-state index contributed by atoms with van der Waals surface area (Å²) in [5.74, 6) is -3.30. The molecule has 1 aliphatic heterocycles. The van der Waals surface area contributed by atoms with E-state index in [9.17, 15) is 23.2 Å². The Kier molecular flexibility index (Phi) is 11.7. The van der Waals surface area contributed by atoms with Crippen LogP contribution < -0.4 is 15.4 Å². The number of hydrogen-bond donors (Lipinski definition) is 2. The van der Waals surface area contributed by atoms with E-state index in [0.29, 0.717) is 63.4 Å². The van der Waals surface area contributed by atoms with Crippen molar-refractivity contribution in [2.75, 3.05) is 73.0 Å². The van der Waals surface area contributed by atoms with Gasteiger partial charge in [0.25, 0.3) is 11.8 Å². The van der Waals surface area contributed by atoms with Crippen LogP contribution in [0.25, 0.3) is 11.3 Å². The fourth-order valence-corrected chi connectivity index (χ4v) is 5.46. The number of aromatic nitrogens is 2. The number of likely N-dealkylation sites (tertiary alicyclic amines) is 1. The Morgan fingerprint density at radius 2 is 1.77 bits per heavy atom. The van der Waals surface area contributed by atoms with E-state index < -0.39 is 17.5 Å². The molecule has 0 saturated carbocycles. The van der Waals surface area contributed by atoms with E-state index >= 15 is 0 Å². The molecule has 13 heteroatoms. The molecule has 2 aromatic carbocycles. The third kappa shape index (κ3) is 8.72. The van der Waals surface area contributed by atoms with Gasteiger partial charge in [0.1, 0.15) is 6.54 Å². The van der Waals surface area contributed by atoms with Gasteiger partial charge in [-0.25, -0.2) is 9.37 Å². The minimum absolute atomic E-state index is 0.00637. The first-order chi connectivity index (χ1) is 22.3. The number of anilines is 1. The summed E-state index contributed by atoms with van der Waals surface area (Å²) < 4.78 is 41.7. The monoisotopic (exact) mass is 655 g/mol. The summed E-state index contributed by atoms with van der Waals surface area (Å²) in [6.45, 7) is 5.32. The van der Waals surface area contributed by atoms with Crippen molar-refractivity contribution in [2.45, 2.75) is 26.2 Å². The van der Waals surface area contributed by atoms with E-state index in [1.165, 1.54) is 37.1 Å². The van der Waals surface area contributed by atoms with Crippen LogP contribution in [0, 0.1) is 17.6 Å². The number of amides is 3. The van der Waals surface area contributed by atoms with Gasteiger partial charge < -0.3 is 34.1 Å². The second-order valence-electron chi connectivity index (χ2n) is 12.6. The van der Waals surface area contributed by atoms with E-state index in [4.69, 9.17) is 9.47 Å². The van der Waals surface area contributed by atoms with Gasteiger partial charge in [-0.05, 0) is 55.2 Å². The molecule has 3 amide bonds. The second kappa shape index (κ2) is 15.5. The molecule has 0 atom stereocenters. The zero-order valence-electron chi connectivity index (χ0n) is 28.0. The summed E-state index contributed by atoms with van der Waals surface area (Å²) in [4.78, 5) is 45.2. The summed E-state index contributed by atoms with van der Waals surface area (Å²) in [6.07, 6.45) is 3.01. The van der Waals surface area contributed by atoms with Crippen molar-refractivity contribution in [2.24, 2.45) is 13.0 Å². The molecular formula is C34H45F2N6O5+. The van der Waals surface area contributed by atoms with E-state index in [0.717, 1.165) is 16.6 Å². The van der Waals surface area contributed by atoms with Crippen molar-refractivity contribution in [1.82, 2.24) is 19.8 Å². The molecule has 254 valence electrons. The Hall–Kier alpha value is -4.36. The van der Waals surface area contributed by atoms with E-state index in [1.807, 2.05) is 6.92 Å². The standard InChI is InChI=1S/C34H44F2N6O5/c1-7-22-20-24(39-33(44)31-38-21-27(40(31)2)26-10-11-28(46-6)30(36)29(26)35)8-9-25(22)34(45)41-15-12-23(13-16-41)32(43)37-14-18-47-19-17-42(3,4)5/h8-11,20-21,23H,7,12-19H2,1-6H3,(H-,37,39,43,44,45)/p+1. The highest BCUT2D eigenvalue weighted by Gasteiger charge is 2.29. The third-order valence-electron chi connectivity index (χ3n) is 8.31. The van der Waals surface area contributed by atoms with E-state index in [-0.39, 0.29) is 40.6 Å². The molecule has 1 aromatic heterocycles. The molecule has 1 fully saturated rings. The molecule has 11 nitrogen and oxygen atoms in total. The molecule has 0 aliphatic carbocycles. The number of hydrogen-bond acceptors (Lipinski definition) is 6. The number of aryl methyl sites for hydroxylation is 1. The number of carbonyl (C=O) groups excluding carboxylic acids is 3. The highest BCUT2D eigenvalue weighted by Crippen LogP contribution is 2.30. The predicted octanol–water partition coefficient (Wildman–Crippen LogP) is 3.88. The molecular weight excluding hydrogens is 610 g/mol. The largest absolute Gasteiger partial charge is 0.494 e. The van der Waals surface area contributed by atoms with Crippen molar-refractivity contribution in [3.8, 4) is 17.0 Å².